The molecule has 0 saturated carbocycles. The van der Waals surface area contributed by atoms with Crippen molar-refractivity contribution in [2.45, 2.75) is 6.18 Å². The summed E-state index contributed by atoms with van der Waals surface area (Å²) in [6.07, 6.45) is -4.46. The molecule has 30 heavy (non-hydrogen) atoms. The predicted octanol–water partition coefficient (Wildman–Crippen LogP) is 3.51. The minimum atomic E-state index is -4.46. The molecule has 0 spiro atoms. The molecular formula is C21H21F4N3O2. The Hall–Kier alpha value is -3.10. The zero-order valence-electron chi connectivity index (χ0n) is 16.5. The van der Waals surface area contributed by atoms with E-state index in [0.29, 0.717) is 5.69 Å². The first-order valence-corrected chi connectivity index (χ1v) is 9.30. The molecule has 1 aliphatic heterocycles. The average molecular weight is 423 g/mol. The number of halogens is 4. The smallest absolute Gasteiger partial charge is 0.375 e. The fourth-order valence-corrected chi connectivity index (χ4v) is 3.28. The molecule has 2 amide bonds. The standard InChI is InChI=1S/C21H21F4N3O2/c1-26(2)18-8-5-15(13-17(18)22)20(30)28-11-9-27(10-12-28)19(29)14-3-6-16(7-4-14)21(23,24)25/h3-8,13H,9-12H2,1-2H3. The minimum Gasteiger partial charge on any atom is -0.375 e. The molecule has 0 N–H and O–H groups in total. The van der Waals surface area contributed by atoms with Gasteiger partial charge in [0.2, 0.25) is 0 Å². The Bertz CT molecular complexity index is 934. The lowest BCUT2D eigenvalue weighted by Gasteiger charge is -2.35. The molecule has 1 aliphatic rings. The molecule has 9 heteroatoms. The summed E-state index contributed by atoms with van der Waals surface area (Å²) in [4.78, 5) is 29.8. The highest BCUT2D eigenvalue weighted by atomic mass is 19.4. The van der Waals surface area contributed by atoms with E-state index in [2.05, 4.69) is 0 Å². The van der Waals surface area contributed by atoms with Crippen LogP contribution >= 0.6 is 0 Å². The van der Waals surface area contributed by atoms with Gasteiger partial charge in [0.1, 0.15) is 5.82 Å². The van der Waals surface area contributed by atoms with Crippen LogP contribution < -0.4 is 4.90 Å². The lowest BCUT2D eigenvalue weighted by atomic mass is 10.1. The molecular weight excluding hydrogens is 402 g/mol. The second-order valence-electron chi connectivity index (χ2n) is 7.22. The van der Waals surface area contributed by atoms with Crippen LogP contribution in [0.4, 0.5) is 23.2 Å². The van der Waals surface area contributed by atoms with Gasteiger partial charge in [-0.15, -0.1) is 0 Å². The number of benzene rings is 2. The first-order valence-electron chi connectivity index (χ1n) is 9.30. The van der Waals surface area contributed by atoms with Crippen LogP contribution in [0.3, 0.4) is 0 Å². The monoisotopic (exact) mass is 423 g/mol. The molecule has 1 heterocycles. The number of amides is 2. The van der Waals surface area contributed by atoms with Crippen LogP contribution in [0.15, 0.2) is 42.5 Å². The number of piperazine rings is 1. The highest BCUT2D eigenvalue weighted by Gasteiger charge is 2.31. The first-order chi connectivity index (χ1) is 14.1. The van der Waals surface area contributed by atoms with Crippen LogP contribution in [0.5, 0.6) is 0 Å². The molecule has 0 atom stereocenters. The third-order valence-electron chi connectivity index (χ3n) is 4.99. The summed E-state index contributed by atoms with van der Waals surface area (Å²) in [5, 5.41) is 0. The van der Waals surface area contributed by atoms with Gasteiger partial charge in [0.05, 0.1) is 11.3 Å². The summed E-state index contributed by atoms with van der Waals surface area (Å²) >= 11 is 0. The number of anilines is 1. The van der Waals surface area contributed by atoms with Crippen molar-refractivity contribution in [3.8, 4) is 0 Å². The molecule has 5 nitrogen and oxygen atoms in total. The van der Waals surface area contributed by atoms with Crippen LogP contribution in [0.2, 0.25) is 0 Å². The molecule has 0 bridgehead atoms. The van der Waals surface area contributed by atoms with Crippen molar-refractivity contribution in [2.75, 3.05) is 45.2 Å². The Morgan fingerprint density at radius 1 is 0.833 bits per heavy atom. The Morgan fingerprint density at radius 2 is 1.30 bits per heavy atom. The Balaban J connectivity index is 1.62. The first kappa shape index (κ1) is 21.6. The molecule has 0 aromatic heterocycles. The van der Waals surface area contributed by atoms with E-state index in [1.807, 2.05) is 0 Å². The van der Waals surface area contributed by atoms with Crippen molar-refractivity contribution >= 4 is 17.5 Å². The number of hydrogen-bond donors (Lipinski definition) is 0. The lowest BCUT2D eigenvalue weighted by Crippen LogP contribution is -2.50. The van der Waals surface area contributed by atoms with E-state index in [4.69, 9.17) is 0 Å². The Labute approximate surface area is 171 Å². The molecule has 1 fully saturated rings. The van der Waals surface area contributed by atoms with E-state index < -0.39 is 23.5 Å². The Morgan fingerprint density at radius 3 is 1.73 bits per heavy atom. The fourth-order valence-electron chi connectivity index (χ4n) is 3.28. The van der Waals surface area contributed by atoms with Crippen LogP contribution in [0.1, 0.15) is 26.3 Å². The summed E-state index contributed by atoms with van der Waals surface area (Å²) < 4.78 is 52.1. The SMILES string of the molecule is CN(C)c1ccc(C(=O)N2CCN(C(=O)c3ccc(C(F)(F)F)cc3)CC2)cc1F. The summed E-state index contributed by atoms with van der Waals surface area (Å²) in [6.45, 7) is 0.984. The van der Waals surface area contributed by atoms with Crippen molar-refractivity contribution in [3.63, 3.8) is 0 Å². The van der Waals surface area contributed by atoms with Gasteiger partial charge < -0.3 is 14.7 Å². The highest BCUT2D eigenvalue weighted by Crippen LogP contribution is 2.29. The summed E-state index contributed by atoms with van der Waals surface area (Å²) in [5.74, 6) is -1.22. The normalized spacial score (nSPS) is 14.6. The summed E-state index contributed by atoms with van der Waals surface area (Å²) in [6, 6.07) is 8.33. The third kappa shape index (κ3) is 4.55. The molecule has 1 saturated heterocycles. The Kier molecular flexibility index (Phi) is 6.00. The molecule has 0 aliphatic carbocycles. The lowest BCUT2D eigenvalue weighted by molar-refractivity contribution is -0.137. The van der Waals surface area contributed by atoms with Crippen molar-refractivity contribution in [2.24, 2.45) is 0 Å². The van der Waals surface area contributed by atoms with Gasteiger partial charge in [-0.25, -0.2) is 4.39 Å². The number of carbonyl (C=O) groups excluding carboxylic acids is 2. The topological polar surface area (TPSA) is 43.9 Å². The van der Waals surface area contributed by atoms with Gasteiger partial charge in [-0.1, -0.05) is 0 Å². The number of alkyl halides is 3. The van der Waals surface area contributed by atoms with E-state index in [0.717, 1.165) is 24.3 Å². The number of hydrogen-bond acceptors (Lipinski definition) is 3. The van der Waals surface area contributed by atoms with Crippen molar-refractivity contribution < 1.29 is 27.2 Å². The highest BCUT2D eigenvalue weighted by molar-refractivity contribution is 5.96. The van der Waals surface area contributed by atoms with Gasteiger partial charge in [0.15, 0.2) is 0 Å². The van der Waals surface area contributed by atoms with Gasteiger partial charge in [0.25, 0.3) is 11.8 Å². The fraction of sp³-hybridized carbons (Fsp3) is 0.333. The zero-order chi connectivity index (χ0) is 22.1. The van der Waals surface area contributed by atoms with E-state index in [1.165, 1.54) is 21.9 Å². The van der Waals surface area contributed by atoms with Crippen molar-refractivity contribution in [1.29, 1.82) is 0 Å². The van der Waals surface area contributed by atoms with Crippen LogP contribution in [-0.2, 0) is 6.18 Å². The summed E-state index contributed by atoms with van der Waals surface area (Å²) in [7, 11) is 3.40. The number of nitrogens with zero attached hydrogens (tertiary/aromatic N) is 3. The molecule has 0 unspecified atom stereocenters. The summed E-state index contributed by atoms with van der Waals surface area (Å²) in [5.41, 5.74) is -0.0646. The molecule has 2 aromatic carbocycles. The number of rotatable bonds is 3. The minimum absolute atomic E-state index is 0.157. The molecule has 0 radical (unpaired) electrons. The average Bonchev–Trinajstić information content (AvgIpc) is 2.72. The van der Waals surface area contributed by atoms with Crippen LogP contribution in [0.25, 0.3) is 0 Å². The molecule has 2 aromatic rings. The van der Waals surface area contributed by atoms with Crippen molar-refractivity contribution in [3.05, 3.63) is 65.0 Å². The zero-order valence-corrected chi connectivity index (χ0v) is 16.5. The second kappa shape index (κ2) is 8.33. The van der Waals surface area contributed by atoms with Gasteiger partial charge >= 0.3 is 6.18 Å². The molecule has 160 valence electrons. The predicted molar refractivity (Wildman–Crippen MR) is 104 cm³/mol. The van der Waals surface area contributed by atoms with Crippen LogP contribution in [0, 0.1) is 5.82 Å². The maximum Gasteiger partial charge on any atom is 0.416 e. The van der Waals surface area contributed by atoms with Crippen LogP contribution in [-0.4, -0.2) is 61.9 Å². The van der Waals surface area contributed by atoms with E-state index in [9.17, 15) is 27.2 Å². The third-order valence-corrected chi connectivity index (χ3v) is 4.99. The van der Waals surface area contributed by atoms with Crippen molar-refractivity contribution in [1.82, 2.24) is 9.80 Å². The largest absolute Gasteiger partial charge is 0.416 e. The number of carbonyl (C=O) groups is 2. The van der Waals surface area contributed by atoms with Gasteiger partial charge in [0, 0.05) is 51.4 Å². The van der Waals surface area contributed by atoms with E-state index >= 15 is 0 Å². The van der Waals surface area contributed by atoms with Gasteiger partial charge in [-0.3, -0.25) is 9.59 Å². The quantitative estimate of drug-likeness (QED) is 0.710. The molecule has 3 rings (SSSR count). The maximum atomic E-state index is 14.2. The van der Waals surface area contributed by atoms with Gasteiger partial charge in [-0.2, -0.15) is 13.2 Å². The van der Waals surface area contributed by atoms with E-state index in [1.54, 1.807) is 25.1 Å². The van der Waals surface area contributed by atoms with E-state index in [-0.39, 0.29) is 43.2 Å². The maximum absolute atomic E-state index is 14.2. The van der Waals surface area contributed by atoms with Gasteiger partial charge in [-0.05, 0) is 42.5 Å². The second-order valence-corrected chi connectivity index (χ2v) is 7.22.